The van der Waals surface area contributed by atoms with Crippen LogP contribution < -0.4 is 0 Å². The van der Waals surface area contributed by atoms with E-state index in [0.29, 0.717) is 11.1 Å². The first-order valence-electron chi connectivity index (χ1n) is 8.87. The lowest BCUT2D eigenvalue weighted by Crippen LogP contribution is -2.45. The number of hydrogen-bond acceptors (Lipinski definition) is 4. The summed E-state index contributed by atoms with van der Waals surface area (Å²) < 4.78 is 10.6. The fourth-order valence-corrected chi connectivity index (χ4v) is 3.61. The zero-order valence-electron chi connectivity index (χ0n) is 16.2. The van der Waals surface area contributed by atoms with Crippen molar-refractivity contribution in [2.24, 2.45) is 0 Å². The third kappa shape index (κ3) is 3.92. The van der Waals surface area contributed by atoms with Gasteiger partial charge in [-0.05, 0) is 36.1 Å². The first-order valence-corrected chi connectivity index (χ1v) is 9.63. The van der Waals surface area contributed by atoms with E-state index in [1.807, 2.05) is 36.4 Å². The first-order chi connectivity index (χ1) is 14.4. The first kappa shape index (κ1) is 21.8. The summed E-state index contributed by atoms with van der Waals surface area (Å²) in [5.41, 5.74) is -2.97. The minimum absolute atomic E-state index is 0.233. The van der Waals surface area contributed by atoms with E-state index in [2.05, 4.69) is 23.7 Å². The highest BCUT2D eigenvalue weighted by Crippen LogP contribution is 2.47. The van der Waals surface area contributed by atoms with Gasteiger partial charge in [-0.2, -0.15) is 0 Å². The van der Waals surface area contributed by atoms with Crippen LogP contribution in [-0.2, 0) is 9.47 Å². The largest absolute Gasteiger partial charge is 0.495 e. The highest BCUT2D eigenvalue weighted by Gasteiger charge is 2.54. The van der Waals surface area contributed by atoms with Crippen LogP contribution in [0, 0.1) is 23.7 Å². The topological polar surface area (TPSA) is 58.9 Å². The van der Waals surface area contributed by atoms with E-state index < -0.39 is 11.2 Å². The van der Waals surface area contributed by atoms with Gasteiger partial charge in [0.25, 0.3) is 0 Å². The van der Waals surface area contributed by atoms with Crippen molar-refractivity contribution in [3.05, 3.63) is 93.4 Å². The lowest BCUT2D eigenvalue weighted by Gasteiger charge is -2.37. The van der Waals surface area contributed by atoms with E-state index in [0.717, 1.165) is 0 Å². The summed E-state index contributed by atoms with van der Waals surface area (Å²) in [6.07, 6.45) is 0. The Balaban J connectivity index is 2.17. The van der Waals surface area contributed by atoms with Crippen LogP contribution in [0.3, 0.4) is 0 Å². The zero-order chi connectivity index (χ0) is 21.8. The molecule has 0 heterocycles. The van der Waals surface area contributed by atoms with E-state index in [9.17, 15) is 10.2 Å². The number of benzene rings is 2. The Kier molecular flexibility index (Phi) is 6.46. The number of hydrogen-bond donors (Lipinski definition) is 2. The van der Waals surface area contributed by atoms with Gasteiger partial charge in [0, 0.05) is 11.1 Å². The molecule has 30 heavy (non-hydrogen) atoms. The predicted octanol–water partition coefficient (Wildman–Crippen LogP) is 3.76. The Morgan fingerprint density at radius 1 is 0.667 bits per heavy atom. The summed E-state index contributed by atoms with van der Waals surface area (Å²) in [7, 11) is 2.58. The second kappa shape index (κ2) is 8.88. The average molecular weight is 441 g/mol. The van der Waals surface area contributed by atoms with Crippen molar-refractivity contribution < 1.29 is 19.7 Å². The minimum Gasteiger partial charge on any atom is -0.495 e. The van der Waals surface area contributed by atoms with Gasteiger partial charge >= 0.3 is 0 Å². The molecule has 1 aliphatic rings. The van der Waals surface area contributed by atoms with Crippen LogP contribution in [0.2, 0.25) is 0 Å². The Morgan fingerprint density at radius 3 is 1.30 bits per heavy atom. The Hall–Kier alpha value is -2.86. The van der Waals surface area contributed by atoms with Crippen LogP contribution >= 0.6 is 23.2 Å². The predicted molar refractivity (Wildman–Crippen MR) is 116 cm³/mol. The van der Waals surface area contributed by atoms with Crippen molar-refractivity contribution in [3.8, 4) is 23.7 Å². The SMILES string of the molecule is COC1=C(Cl)C(O)(C#Cc2ccccc2)C(OC)=C(Cl)C1(O)C#Cc1ccccc1. The number of methoxy groups -OCH3 is 2. The van der Waals surface area contributed by atoms with E-state index in [-0.39, 0.29) is 21.6 Å². The molecule has 2 unspecified atom stereocenters. The maximum Gasteiger partial charge on any atom is 0.225 e. The molecule has 2 N–H and O–H groups in total. The lowest BCUT2D eigenvalue weighted by molar-refractivity contribution is 0.0510. The maximum atomic E-state index is 11.3. The molecule has 0 amide bonds. The van der Waals surface area contributed by atoms with Gasteiger partial charge in [-0.3, -0.25) is 0 Å². The van der Waals surface area contributed by atoms with Crippen molar-refractivity contribution in [3.63, 3.8) is 0 Å². The van der Waals surface area contributed by atoms with Crippen LogP contribution in [0.4, 0.5) is 0 Å². The summed E-state index contributed by atoms with van der Waals surface area (Å²) in [4.78, 5) is 0. The molecular weight excluding hydrogens is 423 g/mol. The molecule has 0 spiro atoms. The standard InChI is InChI=1S/C24H18Cl2O4/c1-29-21-19(25)24(28,16-14-18-11-7-4-8-12-18)22(30-2)20(26)23(21,27)15-13-17-9-5-3-6-10-17/h3-12,27-28H,1-2H3. The Morgan fingerprint density at radius 2 is 1.00 bits per heavy atom. The van der Waals surface area contributed by atoms with Crippen molar-refractivity contribution in [2.75, 3.05) is 14.2 Å². The van der Waals surface area contributed by atoms with Gasteiger partial charge in [0.15, 0.2) is 11.5 Å². The van der Waals surface area contributed by atoms with E-state index in [1.54, 1.807) is 24.3 Å². The van der Waals surface area contributed by atoms with Crippen LogP contribution in [0.15, 0.2) is 82.2 Å². The molecule has 0 aliphatic heterocycles. The van der Waals surface area contributed by atoms with Crippen molar-refractivity contribution in [1.29, 1.82) is 0 Å². The Labute approximate surface area is 185 Å². The molecule has 6 heteroatoms. The Bertz CT molecular complexity index is 1030. The molecule has 3 rings (SSSR count). The smallest absolute Gasteiger partial charge is 0.225 e. The quantitative estimate of drug-likeness (QED) is 0.697. The molecule has 2 aromatic rings. The molecule has 0 aromatic heterocycles. The fraction of sp³-hybridized carbons (Fsp3) is 0.167. The highest BCUT2D eigenvalue weighted by molar-refractivity contribution is 6.35. The van der Waals surface area contributed by atoms with Gasteiger partial charge in [0.05, 0.1) is 14.2 Å². The number of halogens is 2. The monoisotopic (exact) mass is 440 g/mol. The summed E-state index contributed by atoms with van der Waals surface area (Å²) >= 11 is 12.9. The maximum absolute atomic E-state index is 11.3. The summed E-state index contributed by atoms with van der Waals surface area (Å²) in [6.45, 7) is 0. The van der Waals surface area contributed by atoms with E-state index >= 15 is 0 Å². The van der Waals surface area contributed by atoms with Crippen LogP contribution in [-0.4, -0.2) is 35.6 Å². The second-order valence-electron chi connectivity index (χ2n) is 6.35. The summed E-state index contributed by atoms with van der Waals surface area (Å²) in [5, 5.41) is 22.0. The van der Waals surface area contributed by atoms with E-state index in [1.165, 1.54) is 14.2 Å². The molecule has 152 valence electrons. The zero-order valence-corrected chi connectivity index (χ0v) is 17.8. The average Bonchev–Trinajstić information content (AvgIpc) is 2.77. The van der Waals surface area contributed by atoms with Crippen LogP contribution in [0.25, 0.3) is 0 Å². The molecule has 0 bridgehead atoms. The molecule has 0 saturated carbocycles. The molecule has 1 aliphatic carbocycles. The van der Waals surface area contributed by atoms with Crippen molar-refractivity contribution in [1.82, 2.24) is 0 Å². The lowest BCUT2D eigenvalue weighted by atomic mass is 9.85. The van der Waals surface area contributed by atoms with Gasteiger partial charge in [-0.1, -0.05) is 71.4 Å². The molecule has 0 radical (unpaired) electrons. The minimum atomic E-state index is -2.13. The fourth-order valence-electron chi connectivity index (χ4n) is 2.91. The number of aliphatic hydroxyl groups is 2. The summed E-state index contributed by atoms with van der Waals surface area (Å²) in [5.74, 6) is 10.6. The number of ether oxygens (including phenoxy) is 2. The molecule has 2 aromatic carbocycles. The van der Waals surface area contributed by atoms with E-state index in [4.69, 9.17) is 32.7 Å². The molecule has 0 fully saturated rings. The summed E-state index contributed by atoms with van der Waals surface area (Å²) in [6, 6.07) is 18.0. The van der Waals surface area contributed by atoms with Gasteiger partial charge in [0.2, 0.25) is 11.2 Å². The third-order valence-electron chi connectivity index (χ3n) is 4.42. The van der Waals surface area contributed by atoms with Gasteiger partial charge in [0.1, 0.15) is 10.1 Å². The van der Waals surface area contributed by atoms with Crippen molar-refractivity contribution >= 4 is 23.2 Å². The second-order valence-corrected chi connectivity index (χ2v) is 7.10. The normalized spacial score (nSPS) is 23.1. The molecule has 2 atom stereocenters. The highest BCUT2D eigenvalue weighted by atomic mass is 35.5. The van der Waals surface area contributed by atoms with Crippen LogP contribution in [0.5, 0.6) is 0 Å². The van der Waals surface area contributed by atoms with Crippen LogP contribution in [0.1, 0.15) is 11.1 Å². The molecule has 0 saturated heterocycles. The van der Waals surface area contributed by atoms with Gasteiger partial charge in [-0.25, -0.2) is 0 Å². The van der Waals surface area contributed by atoms with Gasteiger partial charge < -0.3 is 19.7 Å². The van der Waals surface area contributed by atoms with Crippen molar-refractivity contribution in [2.45, 2.75) is 11.2 Å². The third-order valence-corrected chi connectivity index (χ3v) is 5.31. The number of rotatable bonds is 2. The molecular formula is C24H18Cl2O4. The molecule has 4 nitrogen and oxygen atoms in total. The van der Waals surface area contributed by atoms with Gasteiger partial charge in [-0.15, -0.1) is 0 Å².